The van der Waals surface area contributed by atoms with Crippen LogP contribution in [0.2, 0.25) is 0 Å². The Labute approximate surface area is 87.8 Å². The average molecular weight is 202 g/mol. The van der Waals surface area contributed by atoms with E-state index in [1.54, 1.807) is 24.3 Å². The lowest BCUT2D eigenvalue weighted by Gasteiger charge is -1.98. The third kappa shape index (κ3) is 3.24. The maximum atomic E-state index is 11.1. The molecular weight excluding hydrogens is 192 g/mol. The highest BCUT2D eigenvalue weighted by Gasteiger charge is 2.05. The van der Waals surface area contributed by atoms with Crippen molar-refractivity contribution < 1.29 is 9.53 Å². The second-order valence-electron chi connectivity index (χ2n) is 2.73. The number of hydrogen-bond acceptors (Lipinski definition) is 4. The maximum absolute atomic E-state index is 11.1. The second kappa shape index (κ2) is 5.55. The van der Waals surface area contributed by atoms with Crippen LogP contribution in [0.1, 0.15) is 22.5 Å². The molecule has 4 nitrogen and oxygen atoms in total. The van der Waals surface area contributed by atoms with Gasteiger partial charge in [0.05, 0.1) is 19.6 Å². The lowest BCUT2D eigenvalue weighted by atomic mass is 10.2. The molecule has 0 saturated heterocycles. The van der Waals surface area contributed by atoms with Crippen molar-refractivity contribution in [2.75, 3.05) is 7.11 Å². The molecule has 0 amide bonds. The molecule has 1 aromatic rings. The molecule has 0 aliphatic heterocycles. The molecule has 0 unspecified atom stereocenters. The van der Waals surface area contributed by atoms with Gasteiger partial charge in [0.1, 0.15) is 5.69 Å². The van der Waals surface area contributed by atoms with E-state index in [-0.39, 0.29) is 5.69 Å². The first-order valence-electron chi connectivity index (χ1n) is 4.36. The first-order chi connectivity index (χ1) is 7.27. The summed E-state index contributed by atoms with van der Waals surface area (Å²) < 4.78 is 4.54. The van der Waals surface area contributed by atoms with E-state index in [2.05, 4.69) is 9.72 Å². The van der Waals surface area contributed by atoms with Crippen LogP contribution in [0, 0.1) is 11.3 Å². The molecule has 4 heteroatoms. The number of carbonyl (C=O) groups is 1. The van der Waals surface area contributed by atoms with Gasteiger partial charge in [-0.3, -0.25) is 0 Å². The molecule has 1 heterocycles. The van der Waals surface area contributed by atoms with E-state index in [1.165, 1.54) is 13.3 Å². The number of nitriles is 1. The molecule has 0 saturated carbocycles. The summed E-state index contributed by atoms with van der Waals surface area (Å²) in [4.78, 5) is 15.0. The summed E-state index contributed by atoms with van der Waals surface area (Å²) in [6, 6.07) is 5.35. The summed E-state index contributed by atoms with van der Waals surface area (Å²) >= 11 is 0. The van der Waals surface area contributed by atoms with Gasteiger partial charge in [-0.05, 0) is 17.7 Å². The van der Waals surface area contributed by atoms with E-state index in [0.29, 0.717) is 6.42 Å². The van der Waals surface area contributed by atoms with Crippen molar-refractivity contribution in [2.24, 2.45) is 0 Å². The van der Waals surface area contributed by atoms with Gasteiger partial charge in [0.2, 0.25) is 0 Å². The SMILES string of the molecule is COC(=O)c1cc(C=CCC#N)ccn1. The molecule has 0 radical (unpaired) electrons. The third-order valence-electron chi connectivity index (χ3n) is 1.70. The summed E-state index contributed by atoms with van der Waals surface area (Å²) in [7, 11) is 1.31. The molecule has 0 bridgehead atoms. The van der Waals surface area contributed by atoms with Gasteiger partial charge in [0, 0.05) is 6.20 Å². The zero-order valence-electron chi connectivity index (χ0n) is 8.30. The third-order valence-corrected chi connectivity index (χ3v) is 1.70. The molecule has 1 rings (SSSR count). The summed E-state index contributed by atoms with van der Waals surface area (Å²) in [6.07, 6.45) is 5.35. The van der Waals surface area contributed by atoms with Crippen LogP contribution in [0.15, 0.2) is 24.4 Å². The van der Waals surface area contributed by atoms with Gasteiger partial charge < -0.3 is 4.74 Å². The molecule has 76 valence electrons. The molecule has 0 atom stereocenters. The summed E-state index contributed by atoms with van der Waals surface area (Å²) in [5.74, 6) is -0.467. The van der Waals surface area contributed by atoms with Crippen molar-refractivity contribution in [2.45, 2.75) is 6.42 Å². The van der Waals surface area contributed by atoms with Gasteiger partial charge >= 0.3 is 5.97 Å². The Morgan fingerprint density at radius 1 is 1.73 bits per heavy atom. The van der Waals surface area contributed by atoms with Crippen LogP contribution in [0.3, 0.4) is 0 Å². The molecule has 0 aliphatic carbocycles. The smallest absolute Gasteiger partial charge is 0.356 e. The highest BCUT2D eigenvalue weighted by molar-refractivity contribution is 5.87. The van der Waals surface area contributed by atoms with Crippen LogP contribution >= 0.6 is 0 Å². The minimum atomic E-state index is -0.467. The van der Waals surface area contributed by atoms with Gasteiger partial charge in [-0.25, -0.2) is 9.78 Å². The summed E-state index contributed by atoms with van der Waals surface area (Å²) in [6.45, 7) is 0. The van der Waals surface area contributed by atoms with E-state index >= 15 is 0 Å². The van der Waals surface area contributed by atoms with E-state index in [4.69, 9.17) is 5.26 Å². The predicted octanol–water partition coefficient (Wildman–Crippen LogP) is 1.80. The van der Waals surface area contributed by atoms with Crippen LogP contribution in [-0.4, -0.2) is 18.1 Å². The van der Waals surface area contributed by atoms with Crippen molar-refractivity contribution >= 4 is 12.0 Å². The molecule has 0 N–H and O–H groups in total. The fourth-order valence-electron chi connectivity index (χ4n) is 1.01. The number of aromatic nitrogens is 1. The monoisotopic (exact) mass is 202 g/mol. The molecule has 0 fully saturated rings. The lowest BCUT2D eigenvalue weighted by molar-refractivity contribution is 0.0594. The number of esters is 1. The van der Waals surface area contributed by atoms with E-state index in [1.807, 2.05) is 6.07 Å². The zero-order chi connectivity index (χ0) is 11.1. The topological polar surface area (TPSA) is 63.0 Å². The summed E-state index contributed by atoms with van der Waals surface area (Å²) in [5.41, 5.74) is 1.08. The van der Waals surface area contributed by atoms with E-state index in [0.717, 1.165) is 5.56 Å². The quantitative estimate of drug-likeness (QED) is 0.701. The fourth-order valence-corrected chi connectivity index (χ4v) is 1.01. The number of nitrogens with zero attached hydrogens (tertiary/aromatic N) is 2. The van der Waals surface area contributed by atoms with Crippen LogP contribution in [0.5, 0.6) is 0 Å². The normalized spacial score (nSPS) is 9.87. The maximum Gasteiger partial charge on any atom is 0.356 e. The van der Waals surface area contributed by atoms with E-state index < -0.39 is 5.97 Å². The Balaban J connectivity index is 2.84. The van der Waals surface area contributed by atoms with Crippen LogP contribution in [0.25, 0.3) is 6.08 Å². The van der Waals surface area contributed by atoms with Crippen LogP contribution < -0.4 is 0 Å². The van der Waals surface area contributed by atoms with Gasteiger partial charge in [0.25, 0.3) is 0 Å². The molecule has 15 heavy (non-hydrogen) atoms. The highest BCUT2D eigenvalue weighted by Crippen LogP contribution is 2.05. The largest absolute Gasteiger partial charge is 0.464 e. The standard InChI is InChI=1S/C11H10N2O2/c1-15-11(14)10-8-9(5-7-13-10)4-2-3-6-12/h2,4-5,7-8H,3H2,1H3. The molecule has 0 aliphatic rings. The van der Waals surface area contributed by atoms with Gasteiger partial charge in [0.15, 0.2) is 0 Å². The Morgan fingerprint density at radius 2 is 2.53 bits per heavy atom. The van der Waals surface area contributed by atoms with Crippen LogP contribution in [0.4, 0.5) is 0 Å². The second-order valence-corrected chi connectivity index (χ2v) is 2.73. The Kier molecular flexibility index (Phi) is 4.05. The number of pyridine rings is 1. The number of carbonyl (C=O) groups excluding carboxylic acids is 1. The van der Waals surface area contributed by atoms with Crippen molar-refractivity contribution in [3.8, 4) is 6.07 Å². The molecular formula is C11H10N2O2. The number of allylic oxidation sites excluding steroid dienone is 1. The van der Waals surface area contributed by atoms with Crippen molar-refractivity contribution in [1.82, 2.24) is 4.98 Å². The first kappa shape index (κ1) is 10.9. The number of methoxy groups -OCH3 is 1. The lowest BCUT2D eigenvalue weighted by Crippen LogP contribution is -2.03. The fraction of sp³-hybridized carbons (Fsp3) is 0.182. The molecule has 0 spiro atoms. The van der Waals surface area contributed by atoms with Crippen molar-refractivity contribution in [3.05, 3.63) is 35.7 Å². The minimum Gasteiger partial charge on any atom is -0.464 e. The minimum absolute atomic E-state index is 0.261. The zero-order valence-corrected chi connectivity index (χ0v) is 8.30. The van der Waals surface area contributed by atoms with Gasteiger partial charge in [-0.2, -0.15) is 5.26 Å². The summed E-state index contributed by atoms with van der Waals surface area (Å²) in [5, 5.41) is 8.34. The number of ether oxygens (including phenoxy) is 1. The average Bonchev–Trinajstić information content (AvgIpc) is 2.29. The molecule has 1 aromatic heterocycles. The number of rotatable bonds is 3. The predicted molar refractivity (Wildman–Crippen MR) is 54.8 cm³/mol. The Bertz CT molecular complexity index is 419. The van der Waals surface area contributed by atoms with Gasteiger partial charge in [-0.15, -0.1) is 0 Å². The highest BCUT2D eigenvalue weighted by atomic mass is 16.5. The van der Waals surface area contributed by atoms with Gasteiger partial charge in [-0.1, -0.05) is 12.2 Å². The van der Waals surface area contributed by atoms with Crippen molar-refractivity contribution in [1.29, 1.82) is 5.26 Å². The Hall–Kier alpha value is -2.15. The molecule has 0 aromatic carbocycles. The van der Waals surface area contributed by atoms with E-state index in [9.17, 15) is 4.79 Å². The van der Waals surface area contributed by atoms with Crippen molar-refractivity contribution in [3.63, 3.8) is 0 Å². The Morgan fingerprint density at radius 3 is 3.20 bits per heavy atom. The van der Waals surface area contributed by atoms with Crippen LogP contribution in [-0.2, 0) is 4.74 Å². The number of hydrogen-bond donors (Lipinski definition) is 0. The first-order valence-corrected chi connectivity index (χ1v) is 4.36.